The lowest BCUT2D eigenvalue weighted by Gasteiger charge is -2.34. The third-order valence-electron chi connectivity index (χ3n) is 3.83. The van der Waals surface area contributed by atoms with Crippen LogP contribution in [0.4, 0.5) is 0 Å². The molecule has 0 aliphatic heterocycles. The quantitative estimate of drug-likeness (QED) is 0.754. The fourth-order valence-electron chi connectivity index (χ4n) is 2.54. The molecule has 1 aliphatic rings. The van der Waals surface area contributed by atoms with Crippen molar-refractivity contribution in [1.29, 1.82) is 0 Å². The van der Waals surface area contributed by atoms with Crippen LogP contribution in [0.1, 0.15) is 39.5 Å². The van der Waals surface area contributed by atoms with Crippen molar-refractivity contribution >= 4 is 33.2 Å². The Balaban J connectivity index is 1.80. The third-order valence-corrected chi connectivity index (χ3v) is 4.80. The smallest absolute Gasteiger partial charge is 0.227 e. The van der Waals surface area contributed by atoms with Crippen molar-refractivity contribution in [2.24, 2.45) is 5.41 Å². The van der Waals surface area contributed by atoms with E-state index in [4.69, 9.17) is 16.3 Å². The van der Waals surface area contributed by atoms with Crippen LogP contribution in [0.2, 0.25) is 5.28 Å². The first-order chi connectivity index (χ1) is 9.03. The summed E-state index contributed by atoms with van der Waals surface area (Å²) in [6.07, 6.45) is 4.81. The van der Waals surface area contributed by atoms with Crippen LogP contribution in [0.3, 0.4) is 0 Å². The lowest BCUT2D eigenvalue weighted by Crippen LogP contribution is -2.28. The summed E-state index contributed by atoms with van der Waals surface area (Å²) in [4.78, 5) is 9.34. The average Bonchev–Trinajstić information content (AvgIpc) is 2.80. The zero-order chi connectivity index (χ0) is 13.5. The average molecular weight is 297 g/mol. The van der Waals surface area contributed by atoms with E-state index in [1.54, 1.807) is 11.3 Å². The van der Waals surface area contributed by atoms with Crippen LogP contribution in [-0.4, -0.2) is 16.1 Å². The number of halogens is 1. The van der Waals surface area contributed by atoms with Crippen molar-refractivity contribution in [3.05, 3.63) is 16.7 Å². The maximum Gasteiger partial charge on any atom is 0.227 e. The SMILES string of the molecule is CC1(C)CCC(Oc2nc(Cl)nc3sccc23)CC1. The molecule has 0 radical (unpaired) electrons. The maximum absolute atomic E-state index is 6.07. The minimum absolute atomic E-state index is 0.252. The number of hydrogen-bond donors (Lipinski definition) is 0. The lowest BCUT2D eigenvalue weighted by molar-refractivity contribution is 0.0963. The molecule has 5 heteroatoms. The number of thiophene rings is 1. The van der Waals surface area contributed by atoms with Crippen molar-refractivity contribution in [1.82, 2.24) is 9.97 Å². The molecule has 0 amide bonds. The van der Waals surface area contributed by atoms with Gasteiger partial charge < -0.3 is 4.74 Å². The highest BCUT2D eigenvalue weighted by Crippen LogP contribution is 2.37. The number of ether oxygens (including phenoxy) is 1. The van der Waals surface area contributed by atoms with Gasteiger partial charge in [-0.1, -0.05) is 13.8 Å². The van der Waals surface area contributed by atoms with Gasteiger partial charge in [0, 0.05) is 0 Å². The summed E-state index contributed by atoms with van der Waals surface area (Å²) in [7, 11) is 0. The largest absolute Gasteiger partial charge is 0.474 e. The third kappa shape index (κ3) is 2.84. The van der Waals surface area contributed by atoms with Gasteiger partial charge in [-0.05, 0) is 54.1 Å². The van der Waals surface area contributed by atoms with E-state index < -0.39 is 0 Å². The molecule has 3 rings (SSSR count). The first-order valence-corrected chi connectivity index (χ1v) is 7.87. The second-order valence-electron chi connectivity index (χ2n) is 5.92. The summed E-state index contributed by atoms with van der Waals surface area (Å²) >= 11 is 7.51. The molecular weight excluding hydrogens is 280 g/mol. The first kappa shape index (κ1) is 13.1. The van der Waals surface area contributed by atoms with Crippen molar-refractivity contribution < 1.29 is 4.74 Å². The highest BCUT2D eigenvalue weighted by molar-refractivity contribution is 7.16. The second-order valence-corrected chi connectivity index (χ2v) is 7.15. The number of nitrogens with zero attached hydrogens (tertiary/aromatic N) is 2. The molecule has 0 spiro atoms. The van der Waals surface area contributed by atoms with Gasteiger partial charge in [0.1, 0.15) is 10.9 Å². The van der Waals surface area contributed by atoms with Crippen LogP contribution >= 0.6 is 22.9 Å². The molecule has 19 heavy (non-hydrogen) atoms. The molecule has 1 fully saturated rings. The molecule has 0 unspecified atom stereocenters. The number of fused-ring (bicyclic) bond motifs is 1. The van der Waals surface area contributed by atoms with Gasteiger partial charge in [-0.2, -0.15) is 4.98 Å². The van der Waals surface area contributed by atoms with Gasteiger partial charge in [0.2, 0.25) is 11.2 Å². The fraction of sp³-hybridized carbons (Fsp3) is 0.571. The van der Waals surface area contributed by atoms with Gasteiger partial charge in [-0.25, -0.2) is 4.98 Å². The molecule has 3 nitrogen and oxygen atoms in total. The van der Waals surface area contributed by atoms with E-state index in [-0.39, 0.29) is 11.4 Å². The highest BCUT2D eigenvalue weighted by Gasteiger charge is 2.28. The van der Waals surface area contributed by atoms with Gasteiger partial charge in [0.25, 0.3) is 0 Å². The Morgan fingerprint density at radius 1 is 1.32 bits per heavy atom. The maximum atomic E-state index is 6.07. The Morgan fingerprint density at radius 3 is 2.79 bits per heavy atom. The van der Waals surface area contributed by atoms with Gasteiger partial charge in [0.15, 0.2) is 0 Å². The Labute approximate surface area is 122 Å². The minimum atomic E-state index is 0.252. The standard InChI is InChI=1S/C14H17ClN2OS/c1-14(2)6-3-9(4-7-14)18-11-10-5-8-19-12(10)17-13(15)16-11/h5,8-9H,3-4,6-7H2,1-2H3. The monoisotopic (exact) mass is 296 g/mol. The molecule has 1 saturated carbocycles. The topological polar surface area (TPSA) is 35.0 Å². The molecular formula is C14H17ClN2OS. The van der Waals surface area contributed by atoms with Crippen LogP contribution in [0, 0.1) is 5.41 Å². The summed E-state index contributed by atoms with van der Waals surface area (Å²) in [6.45, 7) is 4.64. The van der Waals surface area contributed by atoms with E-state index in [0.717, 1.165) is 23.1 Å². The van der Waals surface area contributed by atoms with E-state index in [1.165, 1.54) is 12.8 Å². The summed E-state index contributed by atoms with van der Waals surface area (Å²) in [5.41, 5.74) is 0.445. The van der Waals surface area contributed by atoms with Gasteiger partial charge >= 0.3 is 0 Å². The normalized spacial score (nSPS) is 19.7. The molecule has 102 valence electrons. The van der Waals surface area contributed by atoms with Crippen LogP contribution < -0.4 is 4.74 Å². The summed E-state index contributed by atoms with van der Waals surface area (Å²) in [6, 6.07) is 2.00. The molecule has 0 bridgehead atoms. The van der Waals surface area contributed by atoms with E-state index in [2.05, 4.69) is 23.8 Å². The second kappa shape index (κ2) is 4.91. The zero-order valence-electron chi connectivity index (χ0n) is 11.1. The Bertz CT molecular complexity index is 586. The fourth-order valence-corrected chi connectivity index (χ4v) is 3.51. The molecule has 0 aromatic carbocycles. The van der Waals surface area contributed by atoms with Crippen molar-refractivity contribution in [3.8, 4) is 5.88 Å². The number of aromatic nitrogens is 2. The molecule has 0 atom stereocenters. The summed E-state index contributed by atoms with van der Waals surface area (Å²) in [5, 5.41) is 3.23. The first-order valence-electron chi connectivity index (χ1n) is 6.61. The van der Waals surface area contributed by atoms with Crippen LogP contribution in [-0.2, 0) is 0 Å². The van der Waals surface area contributed by atoms with Crippen molar-refractivity contribution in [2.45, 2.75) is 45.6 Å². The van der Waals surface area contributed by atoms with E-state index in [9.17, 15) is 0 Å². The number of rotatable bonds is 2. The zero-order valence-corrected chi connectivity index (χ0v) is 12.7. The van der Waals surface area contributed by atoms with E-state index >= 15 is 0 Å². The van der Waals surface area contributed by atoms with E-state index in [1.807, 2.05) is 11.4 Å². The van der Waals surface area contributed by atoms with Crippen molar-refractivity contribution in [2.75, 3.05) is 0 Å². The predicted molar refractivity (Wildman–Crippen MR) is 79.1 cm³/mol. The molecule has 2 aromatic heterocycles. The van der Waals surface area contributed by atoms with Crippen LogP contribution in [0.25, 0.3) is 10.2 Å². The van der Waals surface area contributed by atoms with E-state index in [0.29, 0.717) is 11.3 Å². The molecule has 2 heterocycles. The molecule has 1 aliphatic carbocycles. The highest BCUT2D eigenvalue weighted by atomic mass is 35.5. The van der Waals surface area contributed by atoms with Crippen molar-refractivity contribution in [3.63, 3.8) is 0 Å². The van der Waals surface area contributed by atoms with Gasteiger partial charge in [0.05, 0.1) is 5.39 Å². The lowest BCUT2D eigenvalue weighted by atomic mass is 9.76. The Kier molecular flexibility index (Phi) is 3.39. The molecule has 0 saturated heterocycles. The predicted octanol–water partition coefficient (Wildman–Crippen LogP) is 4.69. The van der Waals surface area contributed by atoms with Gasteiger partial charge in [-0.15, -0.1) is 11.3 Å². The minimum Gasteiger partial charge on any atom is -0.474 e. The summed E-state index contributed by atoms with van der Waals surface area (Å²) in [5.74, 6) is 0.640. The van der Waals surface area contributed by atoms with Crippen LogP contribution in [0.15, 0.2) is 11.4 Å². The van der Waals surface area contributed by atoms with Crippen LogP contribution in [0.5, 0.6) is 5.88 Å². The Hall–Kier alpha value is -0.870. The summed E-state index contributed by atoms with van der Waals surface area (Å²) < 4.78 is 6.07. The molecule has 0 N–H and O–H groups in total. The van der Waals surface area contributed by atoms with Gasteiger partial charge in [-0.3, -0.25) is 0 Å². The number of hydrogen-bond acceptors (Lipinski definition) is 4. The molecule has 2 aromatic rings. The Morgan fingerprint density at radius 2 is 2.05 bits per heavy atom.